The van der Waals surface area contributed by atoms with E-state index >= 15 is 0 Å². The predicted octanol–water partition coefficient (Wildman–Crippen LogP) is 2.19. The van der Waals surface area contributed by atoms with Crippen molar-refractivity contribution in [3.05, 3.63) is 17.7 Å². The minimum atomic E-state index is -0.0931. The van der Waals surface area contributed by atoms with E-state index in [1.807, 2.05) is 6.92 Å². The van der Waals surface area contributed by atoms with Gasteiger partial charge in [0.05, 0.1) is 24.8 Å². The Morgan fingerprint density at radius 2 is 2.23 bits per heavy atom. The van der Waals surface area contributed by atoms with Gasteiger partial charge in [-0.25, -0.2) is 4.98 Å². The van der Waals surface area contributed by atoms with Gasteiger partial charge >= 0.3 is 5.97 Å². The van der Waals surface area contributed by atoms with Crippen molar-refractivity contribution in [2.24, 2.45) is 10.9 Å². The van der Waals surface area contributed by atoms with Gasteiger partial charge in [0.25, 0.3) is 0 Å². The summed E-state index contributed by atoms with van der Waals surface area (Å²) in [6.45, 7) is 5.60. The summed E-state index contributed by atoms with van der Waals surface area (Å²) in [6, 6.07) is 0. The number of guanidine groups is 1. The van der Waals surface area contributed by atoms with Crippen LogP contribution >= 0.6 is 24.0 Å². The van der Waals surface area contributed by atoms with E-state index in [1.54, 1.807) is 7.05 Å². The summed E-state index contributed by atoms with van der Waals surface area (Å²) in [4.78, 5) is 23.3. The highest BCUT2D eigenvalue weighted by Gasteiger charge is 2.28. The number of aryl methyl sites for hydroxylation is 2. The summed E-state index contributed by atoms with van der Waals surface area (Å²) in [5.74, 6) is 1.87. The van der Waals surface area contributed by atoms with Crippen LogP contribution in [-0.2, 0) is 29.0 Å². The normalized spacial score (nSPS) is 20.2. The van der Waals surface area contributed by atoms with Gasteiger partial charge in [-0.3, -0.25) is 9.79 Å². The van der Waals surface area contributed by atoms with Gasteiger partial charge in [-0.15, -0.1) is 24.0 Å². The van der Waals surface area contributed by atoms with Crippen LogP contribution in [0.2, 0.25) is 0 Å². The molecule has 2 aliphatic heterocycles. The Morgan fingerprint density at radius 3 is 2.96 bits per heavy atom. The number of carbonyl (C=O) groups is 1. The number of carbonyl (C=O) groups excluding carboxylic acids is 1. The molecule has 0 aliphatic carbocycles. The molecule has 8 heteroatoms. The summed E-state index contributed by atoms with van der Waals surface area (Å²) in [5.41, 5.74) is 1.05. The monoisotopic (exact) mass is 475 g/mol. The number of hydrogen-bond donors (Lipinski definition) is 1. The van der Waals surface area contributed by atoms with Crippen LogP contribution in [0.15, 0.2) is 11.2 Å². The summed E-state index contributed by atoms with van der Waals surface area (Å²) in [7, 11) is 1.79. The van der Waals surface area contributed by atoms with E-state index in [4.69, 9.17) is 9.72 Å². The number of nitrogens with zero attached hydrogens (tertiary/aromatic N) is 4. The Balaban J connectivity index is 0.00000243. The number of imidazole rings is 1. The number of likely N-dealkylation sites (tertiary alicyclic amines) is 1. The molecule has 2 aliphatic rings. The number of esters is 1. The van der Waals surface area contributed by atoms with Gasteiger partial charge in [-0.1, -0.05) is 0 Å². The highest BCUT2D eigenvalue weighted by atomic mass is 127. The van der Waals surface area contributed by atoms with Crippen LogP contribution in [0.1, 0.15) is 44.1 Å². The van der Waals surface area contributed by atoms with E-state index in [0.717, 1.165) is 44.0 Å². The van der Waals surface area contributed by atoms with Crippen LogP contribution < -0.4 is 5.32 Å². The van der Waals surface area contributed by atoms with Gasteiger partial charge in [0.2, 0.25) is 0 Å². The lowest BCUT2D eigenvalue weighted by Crippen LogP contribution is -2.48. The van der Waals surface area contributed by atoms with Crippen molar-refractivity contribution >= 4 is 35.9 Å². The first-order valence-corrected chi connectivity index (χ1v) is 9.38. The Morgan fingerprint density at radius 1 is 1.38 bits per heavy atom. The number of aliphatic imine (C=N–C) groups is 1. The zero-order valence-corrected chi connectivity index (χ0v) is 18.1. The van der Waals surface area contributed by atoms with Crippen molar-refractivity contribution in [3.8, 4) is 0 Å². The molecule has 1 N–H and O–H groups in total. The zero-order valence-electron chi connectivity index (χ0n) is 15.7. The first kappa shape index (κ1) is 21.0. The fourth-order valence-corrected chi connectivity index (χ4v) is 3.68. The molecule has 0 aromatic carbocycles. The summed E-state index contributed by atoms with van der Waals surface area (Å²) < 4.78 is 7.45. The minimum Gasteiger partial charge on any atom is -0.466 e. The predicted molar refractivity (Wildman–Crippen MR) is 112 cm³/mol. The first-order chi connectivity index (χ1) is 12.2. The number of aromatic nitrogens is 2. The highest BCUT2D eigenvalue weighted by molar-refractivity contribution is 14.0. The third-order valence-electron chi connectivity index (χ3n) is 4.94. The number of ether oxygens (including phenoxy) is 1. The number of halogens is 1. The summed E-state index contributed by atoms with van der Waals surface area (Å²) in [6.07, 6.45) is 7.55. The van der Waals surface area contributed by atoms with E-state index in [2.05, 4.69) is 26.0 Å². The molecule has 1 aromatic rings. The molecular weight excluding hydrogens is 445 g/mol. The third-order valence-corrected chi connectivity index (χ3v) is 4.94. The van der Waals surface area contributed by atoms with Crippen molar-refractivity contribution in [1.82, 2.24) is 19.8 Å². The zero-order chi connectivity index (χ0) is 17.6. The Hall–Kier alpha value is -1.32. The molecule has 0 saturated carbocycles. The van der Waals surface area contributed by atoms with E-state index < -0.39 is 0 Å². The molecule has 7 nitrogen and oxygen atoms in total. The number of rotatable bonds is 4. The van der Waals surface area contributed by atoms with Crippen molar-refractivity contribution < 1.29 is 9.53 Å². The molecule has 0 amide bonds. The fourth-order valence-electron chi connectivity index (χ4n) is 3.68. The largest absolute Gasteiger partial charge is 0.466 e. The second-order valence-electron chi connectivity index (χ2n) is 6.74. The van der Waals surface area contributed by atoms with Crippen molar-refractivity contribution in [1.29, 1.82) is 0 Å². The van der Waals surface area contributed by atoms with Gasteiger partial charge in [0.1, 0.15) is 5.82 Å². The topological polar surface area (TPSA) is 71.8 Å². The molecular formula is C18H30IN5O2. The minimum absolute atomic E-state index is 0. The van der Waals surface area contributed by atoms with Crippen LogP contribution in [0.25, 0.3) is 0 Å². The number of piperidine rings is 1. The van der Waals surface area contributed by atoms with Crippen molar-refractivity contribution in [3.63, 3.8) is 0 Å². The maximum atomic E-state index is 12.0. The Bertz CT molecular complexity index is 608. The van der Waals surface area contributed by atoms with Crippen LogP contribution in [0.5, 0.6) is 0 Å². The highest BCUT2D eigenvalue weighted by Crippen LogP contribution is 2.18. The lowest BCUT2D eigenvalue weighted by molar-refractivity contribution is -0.149. The summed E-state index contributed by atoms with van der Waals surface area (Å²) in [5, 5.41) is 3.40. The SMILES string of the molecule is CCOC(=O)[C@H]1CCCN(C(=NC)NCc2cn3c(n2)CCCC3)C1.I. The average molecular weight is 475 g/mol. The van der Waals surface area contributed by atoms with E-state index in [0.29, 0.717) is 19.7 Å². The van der Waals surface area contributed by atoms with Crippen LogP contribution in [0, 0.1) is 5.92 Å². The lowest BCUT2D eigenvalue weighted by atomic mass is 9.98. The second-order valence-corrected chi connectivity index (χ2v) is 6.74. The van der Waals surface area contributed by atoms with Gasteiger partial charge in [0, 0.05) is 39.3 Å². The van der Waals surface area contributed by atoms with E-state index in [1.165, 1.54) is 18.7 Å². The standard InChI is InChI=1S/C18H29N5O2.HI/c1-3-25-17(24)14-7-6-10-23(12-14)18(19-2)20-11-15-13-22-9-5-4-8-16(22)21-15;/h13-14H,3-12H2,1-2H3,(H,19,20);1H/t14-;/m0./s1. The fraction of sp³-hybridized carbons (Fsp3) is 0.722. The molecule has 1 atom stereocenters. The number of fused-ring (bicyclic) bond motifs is 1. The van der Waals surface area contributed by atoms with E-state index in [9.17, 15) is 4.79 Å². The number of hydrogen-bond acceptors (Lipinski definition) is 4. The molecule has 1 saturated heterocycles. The van der Waals surface area contributed by atoms with Gasteiger partial charge in [-0.2, -0.15) is 0 Å². The molecule has 1 aromatic heterocycles. The van der Waals surface area contributed by atoms with Crippen molar-refractivity contribution in [2.45, 2.75) is 52.1 Å². The van der Waals surface area contributed by atoms with Gasteiger partial charge < -0.3 is 19.5 Å². The summed E-state index contributed by atoms with van der Waals surface area (Å²) >= 11 is 0. The maximum absolute atomic E-state index is 12.0. The Kier molecular flexibility index (Phi) is 8.17. The molecule has 3 rings (SSSR count). The molecule has 3 heterocycles. The maximum Gasteiger partial charge on any atom is 0.310 e. The smallest absolute Gasteiger partial charge is 0.310 e. The first-order valence-electron chi connectivity index (χ1n) is 9.38. The molecule has 1 fully saturated rings. The number of nitrogens with one attached hydrogen (secondary N) is 1. The third kappa shape index (κ3) is 5.11. The Labute approximate surface area is 172 Å². The van der Waals surface area contributed by atoms with Crippen molar-refractivity contribution in [2.75, 3.05) is 26.7 Å². The lowest BCUT2D eigenvalue weighted by Gasteiger charge is -2.33. The molecule has 26 heavy (non-hydrogen) atoms. The molecule has 0 bridgehead atoms. The second kappa shape index (κ2) is 10.1. The molecule has 0 unspecified atom stereocenters. The van der Waals surface area contributed by atoms with Crippen LogP contribution in [0.3, 0.4) is 0 Å². The molecule has 146 valence electrons. The average Bonchev–Trinajstić information content (AvgIpc) is 3.05. The van der Waals surface area contributed by atoms with Crippen LogP contribution in [-0.4, -0.2) is 53.1 Å². The van der Waals surface area contributed by atoms with Gasteiger partial charge in [0.15, 0.2) is 5.96 Å². The quantitative estimate of drug-likeness (QED) is 0.313. The van der Waals surface area contributed by atoms with E-state index in [-0.39, 0.29) is 35.9 Å². The van der Waals surface area contributed by atoms with Gasteiger partial charge in [-0.05, 0) is 32.6 Å². The van der Waals surface area contributed by atoms with Crippen LogP contribution in [0.4, 0.5) is 0 Å². The molecule has 0 radical (unpaired) electrons. The molecule has 0 spiro atoms.